The second-order valence-corrected chi connectivity index (χ2v) is 8.07. The Morgan fingerprint density at radius 2 is 2.09 bits per heavy atom. The molecule has 1 N–H and O–H groups in total. The SMILES string of the molecule is COc1ccc(C)cc1S(=O)(=O)N1CCC(C)CC1C(C)O. The maximum Gasteiger partial charge on any atom is 0.247 e. The van der Waals surface area contributed by atoms with Crippen LogP contribution in [0.25, 0.3) is 0 Å². The second kappa shape index (κ2) is 6.56. The first kappa shape index (κ1) is 17.2. The van der Waals surface area contributed by atoms with Gasteiger partial charge < -0.3 is 9.84 Å². The maximum atomic E-state index is 13.1. The van der Waals surface area contributed by atoms with Crippen molar-refractivity contribution in [2.24, 2.45) is 5.92 Å². The summed E-state index contributed by atoms with van der Waals surface area (Å²) in [5.74, 6) is 0.749. The van der Waals surface area contributed by atoms with E-state index in [2.05, 4.69) is 6.92 Å². The molecule has 0 radical (unpaired) electrons. The molecule has 0 aromatic heterocycles. The van der Waals surface area contributed by atoms with E-state index < -0.39 is 16.1 Å². The van der Waals surface area contributed by atoms with E-state index in [4.69, 9.17) is 4.74 Å². The number of sulfonamides is 1. The number of piperidine rings is 1. The standard InChI is InChI=1S/C16H25NO4S/c1-11-5-6-15(21-4)16(10-11)22(19,20)17-8-7-12(2)9-14(17)13(3)18/h5-6,10,12-14,18H,7-9H2,1-4H3. The van der Waals surface area contributed by atoms with Gasteiger partial charge in [-0.3, -0.25) is 0 Å². The normalized spacial score (nSPS) is 25.0. The molecule has 0 amide bonds. The summed E-state index contributed by atoms with van der Waals surface area (Å²) >= 11 is 0. The number of hydrogen-bond donors (Lipinski definition) is 1. The van der Waals surface area contributed by atoms with Crippen LogP contribution in [-0.2, 0) is 10.0 Å². The molecule has 1 aliphatic heterocycles. The molecule has 1 aromatic rings. The van der Waals surface area contributed by atoms with Crippen LogP contribution >= 0.6 is 0 Å². The highest BCUT2D eigenvalue weighted by Gasteiger charge is 2.39. The highest BCUT2D eigenvalue weighted by Crippen LogP contribution is 2.34. The lowest BCUT2D eigenvalue weighted by atomic mass is 9.92. The largest absolute Gasteiger partial charge is 0.495 e. The molecule has 6 heteroatoms. The lowest BCUT2D eigenvalue weighted by Gasteiger charge is -2.39. The van der Waals surface area contributed by atoms with Gasteiger partial charge in [-0.2, -0.15) is 4.31 Å². The maximum absolute atomic E-state index is 13.1. The van der Waals surface area contributed by atoms with Crippen LogP contribution in [0.3, 0.4) is 0 Å². The Morgan fingerprint density at radius 1 is 1.41 bits per heavy atom. The Bertz CT molecular complexity index is 627. The highest BCUT2D eigenvalue weighted by molar-refractivity contribution is 7.89. The molecule has 1 heterocycles. The van der Waals surface area contributed by atoms with E-state index in [0.29, 0.717) is 24.6 Å². The van der Waals surface area contributed by atoms with Crippen molar-refractivity contribution in [2.75, 3.05) is 13.7 Å². The number of nitrogens with zero attached hydrogens (tertiary/aromatic N) is 1. The van der Waals surface area contributed by atoms with Crippen molar-refractivity contribution in [3.63, 3.8) is 0 Å². The molecular formula is C16H25NO4S. The van der Waals surface area contributed by atoms with E-state index >= 15 is 0 Å². The van der Waals surface area contributed by atoms with Crippen molar-refractivity contribution in [2.45, 2.75) is 50.7 Å². The van der Waals surface area contributed by atoms with Gasteiger partial charge in [-0.05, 0) is 50.3 Å². The number of methoxy groups -OCH3 is 1. The molecule has 22 heavy (non-hydrogen) atoms. The number of aryl methyl sites for hydroxylation is 1. The topological polar surface area (TPSA) is 66.8 Å². The first-order valence-corrected chi connectivity index (χ1v) is 9.06. The van der Waals surface area contributed by atoms with Gasteiger partial charge in [-0.1, -0.05) is 13.0 Å². The van der Waals surface area contributed by atoms with Gasteiger partial charge in [0.25, 0.3) is 0 Å². The van der Waals surface area contributed by atoms with Gasteiger partial charge in [0.1, 0.15) is 10.6 Å². The number of ether oxygens (including phenoxy) is 1. The fourth-order valence-corrected chi connectivity index (χ4v) is 4.97. The van der Waals surface area contributed by atoms with Crippen molar-refractivity contribution < 1.29 is 18.3 Å². The molecule has 1 aliphatic rings. The number of benzene rings is 1. The fraction of sp³-hybridized carbons (Fsp3) is 0.625. The van der Waals surface area contributed by atoms with Crippen LogP contribution in [0, 0.1) is 12.8 Å². The number of rotatable bonds is 4. The molecule has 3 unspecified atom stereocenters. The predicted molar refractivity (Wildman–Crippen MR) is 85.5 cm³/mol. The lowest BCUT2D eigenvalue weighted by Crippen LogP contribution is -2.50. The minimum Gasteiger partial charge on any atom is -0.495 e. The van der Waals surface area contributed by atoms with E-state index in [1.807, 2.05) is 13.0 Å². The summed E-state index contributed by atoms with van der Waals surface area (Å²) in [6.07, 6.45) is 0.773. The van der Waals surface area contributed by atoms with Crippen LogP contribution in [0.4, 0.5) is 0 Å². The van der Waals surface area contributed by atoms with Gasteiger partial charge in [0.05, 0.1) is 19.3 Å². The summed E-state index contributed by atoms with van der Waals surface area (Å²) in [5.41, 5.74) is 0.860. The molecule has 0 spiro atoms. The van der Waals surface area contributed by atoms with Crippen LogP contribution in [0.2, 0.25) is 0 Å². The Morgan fingerprint density at radius 3 is 2.68 bits per heavy atom. The van der Waals surface area contributed by atoms with Gasteiger partial charge in [-0.15, -0.1) is 0 Å². The van der Waals surface area contributed by atoms with E-state index in [1.54, 1.807) is 19.1 Å². The Kier molecular flexibility index (Phi) is 5.14. The van der Waals surface area contributed by atoms with Gasteiger partial charge >= 0.3 is 0 Å². The molecule has 0 saturated carbocycles. The zero-order valence-electron chi connectivity index (χ0n) is 13.6. The highest BCUT2D eigenvalue weighted by atomic mass is 32.2. The van der Waals surface area contributed by atoms with Crippen LogP contribution in [0.5, 0.6) is 5.75 Å². The summed E-state index contributed by atoms with van der Waals surface area (Å²) in [4.78, 5) is 0.176. The molecule has 0 bridgehead atoms. The van der Waals surface area contributed by atoms with Crippen molar-refractivity contribution in [3.8, 4) is 5.75 Å². The van der Waals surface area contributed by atoms with Crippen LogP contribution < -0.4 is 4.74 Å². The monoisotopic (exact) mass is 327 g/mol. The molecule has 1 saturated heterocycles. The average Bonchev–Trinajstić information content (AvgIpc) is 2.46. The molecule has 124 valence electrons. The van der Waals surface area contributed by atoms with Gasteiger partial charge in [-0.25, -0.2) is 8.42 Å². The summed E-state index contributed by atoms with van der Waals surface area (Å²) < 4.78 is 32.8. The second-order valence-electron chi connectivity index (χ2n) is 6.21. The van der Waals surface area contributed by atoms with Crippen LogP contribution in [-0.4, -0.2) is 43.6 Å². The zero-order chi connectivity index (χ0) is 16.5. The van der Waals surface area contributed by atoms with E-state index in [9.17, 15) is 13.5 Å². The van der Waals surface area contributed by atoms with Crippen molar-refractivity contribution >= 4 is 10.0 Å². The average molecular weight is 327 g/mol. The van der Waals surface area contributed by atoms with Crippen molar-refractivity contribution in [3.05, 3.63) is 23.8 Å². The molecule has 3 atom stereocenters. The van der Waals surface area contributed by atoms with Gasteiger partial charge in [0.15, 0.2) is 0 Å². The molecule has 2 rings (SSSR count). The first-order valence-electron chi connectivity index (χ1n) is 7.62. The Labute approximate surface area is 133 Å². The third-order valence-corrected chi connectivity index (χ3v) is 6.26. The van der Waals surface area contributed by atoms with Crippen molar-refractivity contribution in [1.29, 1.82) is 0 Å². The summed E-state index contributed by atoms with van der Waals surface area (Å²) in [6, 6.07) is 4.73. The molecule has 0 aliphatic carbocycles. The lowest BCUT2D eigenvalue weighted by molar-refractivity contribution is 0.0675. The van der Waals surface area contributed by atoms with Crippen LogP contribution in [0.15, 0.2) is 23.1 Å². The third kappa shape index (κ3) is 3.29. The first-order chi connectivity index (χ1) is 10.3. The molecular weight excluding hydrogens is 302 g/mol. The summed E-state index contributed by atoms with van der Waals surface area (Å²) in [7, 11) is -2.23. The van der Waals surface area contributed by atoms with E-state index in [-0.39, 0.29) is 10.9 Å². The van der Waals surface area contributed by atoms with E-state index in [0.717, 1.165) is 12.0 Å². The number of aliphatic hydroxyl groups is 1. The zero-order valence-corrected chi connectivity index (χ0v) is 14.4. The number of aliphatic hydroxyl groups excluding tert-OH is 1. The molecule has 5 nitrogen and oxygen atoms in total. The minimum atomic E-state index is -3.70. The minimum absolute atomic E-state index is 0.176. The number of hydrogen-bond acceptors (Lipinski definition) is 4. The van der Waals surface area contributed by atoms with Crippen molar-refractivity contribution in [1.82, 2.24) is 4.31 Å². The van der Waals surface area contributed by atoms with Crippen LogP contribution in [0.1, 0.15) is 32.3 Å². The molecule has 1 aromatic carbocycles. The molecule has 1 fully saturated rings. The quantitative estimate of drug-likeness (QED) is 0.920. The summed E-state index contributed by atoms with van der Waals surface area (Å²) in [6.45, 7) is 6.02. The summed E-state index contributed by atoms with van der Waals surface area (Å²) in [5, 5.41) is 10.0. The predicted octanol–water partition coefficient (Wildman–Crippen LogP) is 2.17. The van der Waals surface area contributed by atoms with Gasteiger partial charge in [0.2, 0.25) is 10.0 Å². The Hall–Kier alpha value is -1.11. The smallest absolute Gasteiger partial charge is 0.247 e. The fourth-order valence-electron chi connectivity index (χ4n) is 3.01. The third-order valence-electron chi connectivity index (χ3n) is 4.32. The van der Waals surface area contributed by atoms with Gasteiger partial charge in [0, 0.05) is 6.54 Å². The Balaban J connectivity index is 2.47. The van der Waals surface area contributed by atoms with E-state index in [1.165, 1.54) is 11.4 Å².